The normalized spacial score (nSPS) is 17.0. The zero-order chi connectivity index (χ0) is 13.1. The number of fused-ring (bicyclic) bond motifs is 1. The van der Waals surface area contributed by atoms with Crippen LogP contribution in [0.4, 0.5) is 5.69 Å². The molecule has 1 aliphatic heterocycles. The fraction of sp³-hybridized carbons (Fsp3) is 0.250. The molecule has 0 aliphatic carbocycles. The van der Waals surface area contributed by atoms with Crippen LogP contribution in [0.1, 0.15) is 18.5 Å². The third-order valence-corrected chi connectivity index (χ3v) is 3.22. The predicted molar refractivity (Wildman–Crippen MR) is 75.9 cm³/mol. The minimum Gasteiger partial charge on any atom is -0.494 e. The molecule has 2 aromatic rings. The summed E-state index contributed by atoms with van der Waals surface area (Å²) in [7, 11) is 0. The van der Waals surface area contributed by atoms with Crippen molar-refractivity contribution < 1.29 is 9.47 Å². The highest BCUT2D eigenvalue weighted by Gasteiger charge is 2.19. The average molecular weight is 255 g/mol. The molecule has 1 heterocycles. The van der Waals surface area contributed by atoms with Crippen molar-refractivity contribution in [3.05, 3.63) is 54.1 Å². The lowest BCUT2D eigenvalue weighted by Gasteiger charge is -2.27. The Morgan fingerprint density at radius 1 is 1.16 bits per heavy atom. The van der Waals surface area contributed by atoms with E-state index in [4.69, 9.17) is 9.47 Å². The first kappa shape index (κ1) is 11.9. The lowest BCUT2D eigenvalue weighted by Crippen LogP contribution is -2.23. The van der Waals surface area contributed by atoms with E-state index in [2.05, 4.69) is 17.4 Å². The summed E-state index contributed by atoms with van der Waals surface area (Å²) in [6, 6.07) is 16.4. The summed E-state index contributed by atoms with van der Waals surface area (Å²) >= 11 is 0. The third kappa shape index (κ3) is 2.50. The average Bonchev–Trinajstić information content (AvgIpc) is 2.48. The molecule has 0 bridgehead atoms. The van der Waals surface area contributed by atoms with Gasteiger partial charge in [-0.3, -0.25) is 0 Å². The molecular formula is C16H17NO2. The molecule has 98 valence electrons. The van der Waals surface area contributed by atoms with Crippen molar-refractivity contribution in [1.82, 2.24) is 0 Å². The van der Waals surface area contributed by atoms with Crippen molar-refractivity contribution in [3.8, 4) is 11.5 Å². The molecule has 3 heteroatoms. The van der Waals surface area contributed by atoms with Crippen molar-refractivity contribution in [2.75, 3.05) is 18.5 Å². The molecule has 0 aromatic heterocycles. The quantitative estimate of drug-likeness (QED) is 0.908. The Bertz CT molecular complexity index is 551. The number of hydrogen-bond donors (Lipinski definition) is 1. The molecule has 1 unspecified atom stereocenters. The summed E-state index contributed by atoms with van der Waals surface area (Å²) in [5.74, 6) is 1.83. The lowest BCUT2D eigenvalue weighted by molar-refractivity contribution is 0.286. The van der Waals surface area contributed by atoms with Gasteiger partial charge >= 0.3 is 0 Å². The molecule has 3 rings (SSSR count). The first-order valence-corrected chi connectivity index (χ1v) is 6.58. The van der Waals surface area contributed by atoms with E-state index in [1.54, 1.807) is 0 Å². The molecule has 0 saturated heterocycles. The SMILES string of the molecule is CCOc1ccc(C2COc3ccccc3N2)cc1. The van der Waals surface area contributed by atoms with Crippen LogP contribution in [0, 0.1) is 0 Å². The predicted octanol–water partition coefficient (Wildman–Crippen LogP) is 3.63. The first-order valence-electron chi connectivity index (χ1n) is 6.58. The van der Waals surface area contributed by atoms with E-state index in [-0.39, 0.29) is 6.04 Å². The maximum atomic E-state index is 5.77. The third-order valence-electron chi connectivity index (χ3n) is 3.22. The molecule has 0 spiro atoms. The van der Waals surface area contributed by atoms with E-state index in [1.807, 2.05) is 43.3 Å². The van der Waals surface area contributed by atoms with Crippen molar-refractivity contribution >= 4 is 5.69 Å². The Morgan fingerprint density at radius 3 is 2.74 bits per heavy atom. The van der Waals surface area contributed by atoms with Gasteiger partial charge in [0.2, 0.25) is 0 Å². The van der Waals surface area contributed by atoms with Crippen molar-refractivity contribution in [3.63, 3.8) is 0 Å². The van der Waals surface area contributed by atoms with Gasteiger partial charge in [-0.15, -0.1) is 0 Å². The molecule has 1 atom stereocenters. The van der Waals surface area contributed by atoms with Crippen molar-refractivity contribution in [2.24, 2.45) is 0 Å². The van der Waals surface area contributed by atoms with Crippen LogP contribution >= 0.6 is 0 Å². The van der Waals surface area contributed by atoms with Crippen LogP contribution in [0.3, 0.4) is 0 Å². The van der Waals surface area contributed by atoms with Gasteiger partial charge in [0.05, 0.1) is 18.3 Å². The number of benzene rings is 2. The summed E-state index contributed by atoms with van der Waals surface area (Å²) < 4.78 is 11.2. The van der Waals surface area contributed by atoms with E-state index in [0.717, 1.165) is 17.2 Å². The lowest BCUT2D eigenvalue weighted by atomic mass is 10.1. The van der Waals surface area contributed by atoms with Gasteiger partial charge in [0, 0.05) is 0 Å². The second-order valence-electron chi connectivity index (χ2n) is 4.51. The van der Waals surface area contributed by atoms with E-state index in [0.29, 0.717) is 13.2 Å². The summed E-state index contributed by atoms with van der Waals surface area (Å²) in [5.41, 5.74) is 2.26. The smallest absolute Gasteiger partial charge is 0.142 e. The molecule has 19 heavy (non-hydrogen) atoms. The number of ether oxygens (including phenoxy) is 2. The van der Waals surface area contributed by atoms with E-state index in [1.165, 1.54) is 5.56 Å². The molecule has 2 aromatic carbocycles. The van der Waals surface area contributed by atoms with Crippen LogP contribution < -0.4 is 14.8 Å². The van der Waals surface area contributed by atoms with Gasteiger partial charge in [0.1, 0.15) is 18.1 Å². The number of anilines is 1. The topological polar surface area (TPSA) is 30.5 Å². The fourth-order valence-electron chi connectivity index (χ4n) is 2.26. The van der Waals surface area contributed by atoms with Gasteiger partial charge in [-0.2, -0.15) is 0 Å². The highest BCUT2D eigenvalue weighted by atomic mass is 16.5. The fourth-order valence-corrected chi connectivity index (χ4v) is 2.26. The Balaban J connectivity index is 1.77. The Kier molecular flexibility index (Phi) is 3.27. The molecule has 0 saturated carbocycles. The standard InChI is InChI=1S/C16H17NO2/c1-2-18-13-9-7-12(8-10-13)15-11-19-16-6-4-3-5-14(16)17-15/h3-10,15,17H,2,11H2,1H3. The van der Waals surface area contributed by atoms with Crippen molar-refractivity contribution in [2.45, 2.75) is 13.0 Å². The minimum atomic E-state index is 0.186. The number of rotatable bonds is 3. The highest BCUT2D eigenvalue weighted by Crippen LogP contribution is 2.33. The summed E-state index contributed by atoms with van der Waals surface area (Å²) in [5, 5.41) is 3.50. The molecule has 1 aliphatic rings. The Morgan fingerprint density at radius 2 is 1.95 bits per heavy atom. The van der Waals surface area contributed by atoms with Gasteiger partial charge in [0.25, 0.3) is 0 Å². The van der Waals surface area contributed by atoms with E-state index >= 15 is 0 Å². The number of hydrogen-bond acceptors (Lipinski definition) is 3. The molecule has 0 fully saturated rings. The van der Waals surface area contributed by atoms with Crippen LogP contribution in [0.2, 0.25) is 0 Å². The largest absolute Gasteiger partial charge is 0.494 e. The van der Waals surface area contributed by atoms with Crippen LogP contribution in [-0.4, -0.2) is 13.2 Å². The van der Waals surface area contributed by atoms with Gasteiger partial charge in [-0.25, -0.2) is 0 Å². The molecule has 0 radical (unpaired) electrons. The van der Waals surface area contributed by atoms with Gasteiger partial charge in [-0.1, -0.05) is 24.3 Å². The maximum absolute atomic E-state index is 5.77. The summed E-state index contributed by atoms with van der Waals surface area (Å²) in [6.45, 7) is 3.32. The van der Waals surface area contributed by atoms with Gasteiger partial charge in [-0.05, 0) is 36.8 Å². The van der Waals surface area contributed by atoms with Gasteiger partial charge < -0.3 is 14.8 Å². The zero-order valence-electron chi connectivity index (χ0n) is 10.9. The minimum absolute atomic E-state index is 0.186. The zero-order valence-corrected chi connectivity index (χ0v) is 10.9. The summed E-state index contributed by atoms with van der Waals surface area (Å²) in [6.07, 6.45) is 0. The summed E-state index contributed by atoms with van der Waals surface area (Å²) in [4.78, 5) is 0. The van der Waals surface area contributed by atoms with Crippen LogP contribution in [0.15, 0.2) is 48.5 Å². The van der Waals surface area contributed by atoms with E-state index < -0.39 is 0 Å². The number of nitrogens with one attached hydrogen (secondary N) is 1. The Hall–Kier alpha value is -2.16. The van der Waals surface area contributed by atoms with Crippen molar-refractivity contribution in [1.29, 1.82) is 0 Å². The van der Waals surface area contributed by atoms with Gasteiger partial charge in [0.15, 0.2) is 0 Å². The second-order valence-corrected chi connectivity index (χ2v) is 4.51. The van der Waals surface area contributed by atoms with Crippen LogP contribution in [0.5, 0.6) is 11.5 Å². The first-order chi connectivity index (χ1) is 9.36. The van der Waals surface area contributed by atoms with Crippen LogP contribution in [0.25, 0.3) is 0 Å². The highest BCUT2D eigenvalue weighted by molar-refractivity contribution is 5.59. The molecular weight excluding hydrogens is 238 g/mol. The number of para-hydroxylation sites is 2. The maximum Gasteiger partial charge on any atom is 0.142 e. The molecule has 3 nitrogen and oxygen atoms in total. The second kappa shape index (κ2) is 5.22. The molecule has 1 N–H and O–H groups in total. The van der Waals surface area contributed by atoms with Crippen LogP contribution in [-0.2, 0) is 0 Å². The van der Waals surface area contributed by atoms with E-state index in [9.17, 15) is 0 Å². The molecule has 0 amide bonds. The monoisotopic (exact) mass is 255 g/mol. The Labute approximate surface area is 113 Å².